The minimum absolute atomic E-state index is 0.123. The number of amides is 1. The first kappa shape index (κ1) is 21.9. The lowest BCUT2D eigenvalue weighted by molar-refractivity contribution is -0.121. The van der Waals surface area contributed by atoms with Gasteiger partial charge in [-0.2, -0.15) is 4.98 Å². The molecule has 0 atom stereocenters. The van der Waals surface area contributed by atoms with E-state index in [0.717, 1.165) is 16.6 Å². The van der Waals surface area contributed by atoms with Gasteiger partial charge >= 0.3 is 6.01 Å². The predicted molar refractivity (Wildman–Crippen MR) is 128 cm³/mol. The summed E-state index contributed by atoms with van der Waals surface area (Å²) in [4.78, 5) is 21.6. The molecule has 5 aromatic rings. The molecule has 0 saturated heterocycles. The van der Waals surface area contributed by atoms with Gasteiger partial charge in [0.2, 0.25) is 5.91 Å². The van der Waals surface area contributed by atoms with Crippen LogP contribution in [0.5, 0.6) is 0 Å². The van der Waals surface area contributed by atoms with Crippen LogP contribution in [0.3, 0.4) is 0 Å². The van der Waals surface area contributed by atoms with E-state index in [2.05, 4.69) is 10.3 Å². The van der Waals surface area contributed by atoms with Gasteiger partial charge in [0.25, 0.3) is 0 Å². The number of carbonyl (C=O) groups excluding carboxylic acids is 1. The van der Waals surface area contributed by atoms with Crippen molar-refractivity contribution in [2.75, 3.05) is 0 Å². The Bertz CT molecular complexity index is 1460. The van der Waals surface area contributed by atoms with E-state index in [-0.39, 0.29) is 24.7 Å². The minimum Gasteiger partial charge on any atom is -0.427 e. The van der Waals surface area contributed by atoms with Crippen LogP contribution >= 0.6 is 11.6 Å². The van der Waals surface area contributed by atoms with E-state index in [1.165, 1.54) is 6.07 Å². The monoisotopic (exact) mass is 474 g/mol. The van der Waals surface area contributed by atoms with Crippen LogP contribution in [0, 0.1) is 5.82 Å². The highest BCUT2D eigenvalue weighted by atomic mass is 35.5. The molecular formula is C26H20ClFN4O2. The molecule has 0 aliphatic carbocycles. The van der Waals surface area contributed by atoms with E-state index in [1.807, 2.05) is 36.4 Å². The second-order valence-electron chi connectivity index (χ2n) is 7.75. The van der Waals surface area contributed by atoms with E-state index >= 15 is 0 Å². The topological polar surface area (TPSA) is 73.0 Å². The molecule has 0 aliphatic rings. The summed E-state index contributed by atoms with van der Waals surface area (Å²) in [5.74, 6) is 0.00717. The minimum atomic E-state index is -0.347. The van der Waals surface area contributed by atoms with Crippen molar-refractivity contribution in [3.8, 4) is 17.3 Å². The van der Waals surface area contributed by atoms with Gasteiger partial charge in [-0.05, 0) is 30.3 Å². The number of hydrogen-bond acceptors (Lipinski definition) is 4. The van der Waals surface area contributed by atoms with Gasteiger partial charge in [-0.1, -0.05) is 54.1 Å². The zero-order chi connectivity index (χ0) is 23.5. The number of nitrogens with one attached hydrogen (secondary N) is 1. The molecule has 170 valence electrons. The number of benzene rings is 3. The Kier molecular flexibility index (Phi) is 6.10. The van der Waals surface area contributed by atoms with Crippen LogP contribution in [0.2, 0.25) is 5.02 Å². The summed E-state index contributed by atoms with van der Waals surface area (Å²) in [6.07, 6.45) is 2.14. The summed E-state index contributed by atoms with van der Waals surface area (Å²) in [6, 6.07) is 21.7. The second-order valence-corrected chi connectivity index (χ2v) is 8.18. The van der Waals surface area contributed by atoms with Gasteiger partial charge in [-0.25, -0.2) is 9.37 Å². The van der Waals surface area contributed by atoms with Gasteiger partial charge in [-0.3, -0.25) is 9.36 Å². The number of hydrogen-bond donors (Lipinski definition) is 1. The largest absolute Gasteiger partial charge is 0.427 e. The maximum Gasteiger partial charge on any atom is 0.308 e. The third kappa shape index (κ3) is 4.56. The Balaban J connectivity index is 1.39. The van der Waals surface area contributed by atoms with Gasteiger partial charge < -0.3 is 9.73 Å². The Hall–Kier alpha value is -3.97. The van der Waals surface area contributed by atoms with E-state index in [0.29, 0.717) is 34.5 Å². The highest BCUT2D eigenvalue weighted by molar-refractivity contribution is 6.30. The zero-order valence-electron chi connectivity index (χ0n) is 18.0. The molecule has 2 heterocycles. The van der Waals surface area contributed by atoms with Crippen molar-refractivity contribution in [1.82, 2.24) is 19.9 Å². The Labute approximate surface area is 200 Å². The lowest BCUT2D eigenvalue weighted by atomic mass is 10.1. The van der Waals surface area contributed by atoms with Crippen LogP contribution in [0.15, 0.2) is 83.5 Å². The summed E-state index contributed by atoms with van der Waals surface area (Å²) < 4.78 is 21.7. The molecule has 3 aromatic carbocycles. The quantitative estimate of drug-likeness (QED) is 0.327. The van der Waals surface area contributed by atoms with Crippen molar-refractivity contribution in [2.24, 2.45) is 0 Å². The third-order valence-electron chi connectivity index (χ3n) is 5.48. The summed E-state index contributed by atoms with van der Waals surface area (Å²) >= 11 is 6.05. The number of rotatable bonds is 7. The van der Waals surface area contributed by atoms with Crippen molar-refractivity contribution >= 4 is 28.5 Å². The van der Waals surface area contributed by atoms with Gasteiger partial charge in [0.1, 0.15) is 23.6 Å². The number of aryl methyl sites for hydroxylation is 1. The molecule has 1 amide bonds. The van der Waals surface area contributed by atoms with Gasteiger partial charge in [0.05, 0.1) is 11.0 Å². The van der Waals surface area contributed by atoms with Crippen molar-refractivity contribution in [3.05, 3.63) is 101 Å². The average molecular weight is 475 g/mol. The van der Waals surface area contributed by atoms with Crippen LogP contribution in [-0.4, -0.2) is 20.4 Å². The molecule has 1 N–H and O–H groups in total. The number of halogens is 2. The SMILES string of the molecule is O=C(CCc1oc(-n2cnc3ccccc32)nc1-c1ccc(Cl)cc1)NCc1ccccc1F. The summed E-state index contributed by atoms with van der Waals surface area (Å²) in [5.41, 5.74) is 3.58. The molecule has 34 heavy (non-hydrogen) atoms. The van der Waals surface area contributed by atoms with E-state index in [1.54, 1.807) is 41.2 Å². The predicted octanol–water partition coefficient (Wildman–Crippen LogP) is 5.72. The zero-order valence-corrected chi connectivity index (χ0v) is 18.8. The first-order chi connectivity index (χ1) is 16.6. The van der Waals surface area contributed by atoms with Gasteiger partial charge in [0, 0.05) is 35.5 Å². The lowest BCUT2D eigenvalue weighted by Gasteiger charge is -2.06. The average Bonchev–Trinajstić information content (AvgIpc) is 3.47. The van der Waals surface area contributed by atoms with Crippen molar-refractivity contribution in [1.29, 1.82) is 0 Å². The molecule has 0 unspecified atom stereocenters. The molecular weight excluding hydrogens is 455 g/mol. The highest BCUT2D eigenvalue weighted by Gasteiger charge is 2.19. The fourth-order valence-corrected chi connectivity index (χ4v) is 3.83. The summed E-state index contributed by atoms with van der Waals surface area (Å²) in [6.45, 7) is 0.123. The molecule has 2 aromatic heterocycles. The van der Waals surface area contributed by atoms with Crippen LogP contribution < -0.4 is 5.32 Å². The third-order valence-corrected chi connectivity index (χ3v) is 5.73. The van der Waals surface area contributed by atoms with E-state index < -0.39 is 0 Å². The molecule has 0 radical (unpaired) electrons. The fraction of sp³-hybridized carbons (Fsp3) is 0.115. The van der Waals surface area contributed by atoms with Crippen LogP contribution in [0.25, 0.3) is 28.3 Å². The maximum absolute atomic E-state index is 13.8. The Morgan fingerprint density at radius 3 is 2.62 bits per heavy atom. The number of para-hydroxylation sites is 2. The summed E-state index contributed by atoms with van der Waals surface area (Å²) in [7, 11) is 0. The number of nitrogens with zero attached hydrogens (tertiary/aromatic N) is 3. The van der Waals surface area contributed by atoms with E-state index in [4.69, 9.17) is 21.0 Å². The number of imidazole rings is 1. The van der Waals surface area contributed by atoms with Crippen molar-refractivity contribution in [2.45, 2.75) is 19.4 Å². The molecule has 0 spiro atoms. The molecule has 0 saturated carbocycles. The number of oxazole rings is 1. The molecule has 8 heteroatoms. The molecule has 0 bridgehead atoms. The smallest absolute Gasteiger partial charge is 0.308 e. The first-order valence-corrected chi connectivity index (χ1v) is 11.1. The molecule has 5 rings (SSSR count). The molecule has 0 fully saturated rings. The van der Waals surface area contributed by atoms with Crippen molar-refractivity contribution < 1.29 is 13.6 Å². The Morgan fingerprint density at radius 1 is 1.03 bits per heavy atom. The fourth-order valence-electron chi connectivity index (χ4n) is 3.71. The molecule has 6 nitrogen and oxygen atoms in total. The van der Waals surface area contributed by atoms with E-state index in [9.17, 15) is 9.18 Å². The maximum atomic E-state index is 13.8. The van der Waals surface area contributed by atoms with Gasteiger partial charge in [-0.15, -0.1) is 0 Å². The standard InChI is InChI=1S/C26H20ClFN4O2/c27-19-11-9-17(10-12-19)25-23(13-14-24(33)29-15-18-5-1-2-6-20(18)28)34-26(31-25)32-16-30-21-7-3-4-8-22(21)32/h1-12,16H,13-15H2,(H,29,33). The van der Waals surface area contributed by atoms with Crippen LogP contribution in [0.1, 0.15) is 17.7 Å². The van der Waals surface area contributed by atoms with Crippen molar-refractivity contribution in [3.63, 3.8) is 0 Å². The van der Waals surface area contributed by atoms with Crippen LogP contribution in [0.4, 0.5) is 4.39 Å². The highest BCUT2D eigenvalue weighted by Crippen LogP contribution is 2.29. The second kappa shape index (κ2) is 9.49. The summed E-state index contributed by atoms with van der Waals surface area (Å²) in [5, 5.41) is 3.37. The number of aromatic nitrogens is 3. The van der Waals surface area contributed by atoms with Crippen LogP contribution in [-0.2, 0) is 17.8 Å². The number of carbonyl (C=O) groups is 1. The molecule has 0 aliphatic heterocycles. The van der Waals surface area contributed by atoms with Gasteiger partial charge in [0.15, 0.2) is 0 Å². The lowest BCUT2D eigenvalue weighted by Crippen LogP contribution is -2.23. The number of fused-ring (bicyclic) bond motifs is 1. The normalized spacial score (nSPS) is 11.1. The first-order valence-electron chi connectivity index (χ1n) is 10.8. The Morgan fingerprint density at radius 2 is 1.79 bits per heavy atom.